The van der Waals surface area contributed by atoms with Crippen molar-refractivity contribution in [2.45, 2.75) is 405 Å². The summed E-state index contributed by atoms with van der Waals surface area (Å²) in [6.07, 6.45) is 90.0. The van der Waals surface area contributed by atoms with Crippen molar-refractivity contribution in [2.75, 3.05) is 47.5 Å². The number of esters is 2. The molecule has 88 heavy (non-hydrogen) atoms. The first kappa shape index (κ1) is 86.2. The molecule has 0 spiro atoms. The van der Waals surface area contributed by atoms with Gasteiger partial charge in [-0.25, -0.2) is 4.57 Å². The average Bonchev–Trinajstić information content (AvgIpc) is 3.68. The molecule has 0 aliphatic carbocycles. The number of ether oxygens (including phenoxy) is 2. The van der Waals surface area contributed by atoms with Gasteiger partial charge >= 0.3 is 19.8 Å². The van der Waals surface area contributed by atoms with Crippen molar-refractivity contribution in [3.8, 4) is 0 Å². The van der Waals surface area contributed by atoms with Gasteiger partial charge in [-0.05, 0) is 51.4 Å². The Morgan fingerprint density at radius 3 is 0.909 bits per heavy atom. The van der Waals surface area contributed by atoms with E-state index in [1.807, 2.05) is 21.1 Å². The Labute approximate surface area is 548 Å². The van der Waals surface area contributed by atoms with E-state index in [1.54, 1.807) is 0 Å². The van der Waals surface area contributed by atoms with Gasteiger partial charge in [0.05, 0.1) is 27.7 Å². The zero-order valence-corrected chi connectivity index (χ0v) is 60.4. The predicted octanol–water partition coefficient (Wildman–Crippen LogP) is 25.4. The second-order valence-electron chi connectivity index (χ2n) is 27.8. The highest BCUT2D eigenvalue weighted by atomic mass is 31.2. The minimum absolute atomic E-state index is 0.0358. The Hall–Kier alpha value is -1.77. The predicted molar refractivity (Wildman–Crippen MR) is 381 cm³/mol. The molecule has 0 aliphatic heterocycles. The Morgan fingerprint density at radius 2 is 0.614 bits per heavy atom. The maximum atomic E-state index is 12.9. The molecule has 2 atom stereocenters. The van der Waals surface area contributed by atoms with Crippen LogP contribution in [0.15, 0.2) is 36.5 Å². The zero-order chi connectivity index (χ0) is 64.1. The van der Waals surface area contributed by atoms with Gasteiger partial charge in [0.25, 0.3) is 0 Å². The molecule has 0 fully saturated rings. The fraction of sp³-hybridized carbons (Fsp3) is 0.897. The lowest BCUT2D eigenvalue weighted by atomic mass is 10.0. The molecular formula is C78H151NO8P+. The molecule has 0 amide bonds. The molecule has 0 aromatic rings. The average molecular weight is 1260 g/mol. The summed E-state index contributed by atoms with van der Waals surface area (Å²) in [5.74, 6) is -0.770. The molecule has 0 heterocycles. The van der Waals surface area contributed by atoms with E-state index < -0.39 is 26.5 Å². The largest absolute Gasteiger partial charge is 0.472 e. The van der Waals surface area contributed by atoms with Crippen molar-refractivity contribution in [1.29, 1.82) is 0 Å². The van der Waals surface area contributed by atoms with Crippen molar-refractivity contribution in [3.05, 3.63) is 36.5 Å². The first-order valence-corrected chi connectivity index (χ1v) is 40.2. The van der Waals surface area contributed by atoms with Crippen LogP contribution in [0.4, 0.5) is 0 Å². The Bertz CT molecular complexity index is 1580. The zero-order valence-electron chi connectivity index (χ0n) is 59.5. The second-order valence-corrected chi connectivity index (χ2v) is 29.2. The molecular weight excluding hydrogens is 1110 g/mol. The number of carbonyl (C=O) groups is 2. The first-order valence-electron chi connectivity index (χ1n) is 38.7. The number of phosphoric acid groups is 1. The molecule has 0 aliphatic rings. The number of phosphoric ester groups is 1. The molecule has 10 heteroatoms. The van der Waals surface area contributed by atoms with Gasteiger partial charge in [0.15, 0.2) is 6.10 Å². The third-order valence-electron chi connectivity index (χ3n) is 17.7. The maximum absolute atomic E-state index is 12.9. The van der Waals surface area contributed by atoms with Crippen LogP contribution in [0, 0.1) is 0 Å². The number of nitrogens with zero attached hydrogens (tertiary/aromatic N) is 1. The van der Waals surface area contributed by atoms with Crippen molar-refractivity contribution < 1.29 is 42.1 Å². The Kier molecular flexibility index (Phi) is 68.2. The third-order valence-corrected chi connectivity index (χ3v) is 18.7. The SMILES string of the molecule is CCCCCCC/C=C\C/C=C\C/C=C\CCCCCCCCCCCCCCCCCCCCCCCCCCC(=O)OC(COC(=O)CCCCCCCCCCCCCCCCCCCCCCCCCCC)COP(=O)(O)OCC[N+](C)(C)C. The van der Waals surface area contributed by atoms with Crippen molar-refractivity contribution in [2.24, 2.45) is 0 Å². The summed E-state index contributed by atoms with van der Waals surface area (Å²) in [6, 6.07) is 0. The molecule has 0 rings (SSSR count). The summed E-state index contributed by atoms with van der Waals surface area (Å²) < 4.78 is 34.8. The molecule has 1 N–H and O–H groups in total. The summed E-state index contributed by atoms with van der Waals surface area (Å²) in [6.45, 7) is 4.51. The van der Waals surface area contributed by atoms with Crippen LogP contribution < -0.4 is 0 Å². The first-order chi connectivity index (χ1) is 43.0. The molecule has 0 aromatic heterocycles. The number of rotatable bonds is 73. The van der Waals surface area contributed by atoms with E-state index in [0.717, 1.165) is 44.9 Å². The lowest BCUT2D eigenvalue weighted by Gasteiger charge is -2.24. The van der Waals surface area contributed by atoms with Gasteiger partial charge in [-0.1, -0.05) is 371 Å². The van der Waals surface area contributed by atoms with Gasteiger partial charge < -0.3 is 18.9 Å². The minimum atomic E-state index is -4.39. The lowest BCUT2D eigenvalue weighted by Crippen LogP contribution is -2.37. The molecule has 0 aromatic carbocycles. The molecule has 0 saturated heterocycles. The molecule has 0 saturated carbocycles. The highest BCUT2D eigenvalue weighted by molar-refractivity contribution is 7.47. The van der Waals surface area contributed by atoms with Crippen LogP contribution in [0.5, 0.6) is 0 Å². The number of unbranched alkanes of at least 4 members (excludes halogenated alkanes) is 53. The summed E-state index contributed by atoms with van der Waals surface area (Å²) in [5.41, 5.74) is 0. The fourth-order valence-corrected chi connectivity index (χ4v) is 12.5. The molecule has 0 bridgehead atoms. The van der Waals surface area contributed by atoms with Crippen LogP contribution in [0.1, 0.15) is 399 Å². The summed E-state index contributed by atoms with van der Waals surface area (Å²) >= 11 is 0. The van der Waals surface area contributed by atoms with E-state index >= 15 is 0 Å². The van der Waals surface area contributed by atoms with Gasteiger partial charge in [-0.2, -0.15) is 0 Å². The Morgan fingerprint density at radius 1 is 0.352 bits per heavy atom. The second kappa shape index (κ2) is 69.6. The number of hydrogen-bond acceptors (Lipinski definition) is 7. The lowest BCUT2D eigenvalue weighted by molar-refractivity contribution is -0.870. The maximum Gasteiger partial charge on any atom is 0.472 e. The molecule has 9 nitrogen and oxygen atoms in total. The van der Waals surface area contributed by atoms with Gasteiger partial charge in [-0.15, -0.1) is 0 Å². The van der Waals surface area contributed by atoms with Crippen LogP contribution in [-0.4, -0.2) is 74.9 Å². The van der Waals surface area contributed by atoms with E-state index in [0.29, 0.717) is 23.9 Å². The molecule has 520 valence electrons. The van der Waals surface area contributed by atoms with Crippen LogP contribution in [0.2, 0.25) is 0 Å². The normalized spacial score (nSPS) is 13.2. The smallest absolute Gasteiger partial charge is 0.462 e. The van der Waals surface area contributed by atoms with Crippen molar-refractivity contribution >= 4 is 19.8 Å². The summed E-state index contributed by atoms with van der Waals surface area (Å²) in [5, 5.41) is 0. The number of likely N-dealkylation sites (N-methyl/N-ethyl adjacent to an activating group) is 1. The quantitative estimate of drug-likeness (QED) is 0.0211. The van der Waals surface area contributed by atoms with Crippen LogP contribution in [-0.2, 0) is 32.7 Å². The van der Waals surface area contributed by atoms with Crippen LogP contribution in [0.3, 0.4) is 0 Å². The van der Waals surface area contributed by atoms with E-state index in [9.17, 15) is 19.0 Å². The standard InChI is InChI=1S/C78H150NO8P/c1-6-8-10-12-14-16-18-20-22-24-26-28-30-32-33-34-35-36-37-38-39-40-41-42-43-44-45-47-49-51-53-55-57-59-61-63-65-67-69-71-78(81)87-76(75-86-88(82,83)85-73-72-79(3,4)5)74-84-77(80)70-68-66-64-62-60-58-56-54-52-50-48-46-31-29-27-25-23-21-19-17-15-13-11-9-7-2/h18,20,24,26,30,32,76H,6-17,19,21-23,25,27-29,31,33-75H2,1-5H3/p+1/b20-18-,26-24-,32-30-. The number of quaternary nitrogens is 1. The highest BCUT2D eigenvalue weighted by Gasteiger charge is 2.27. The topological polar surface area (TPSA) is 108 Å². The van der Waals surface area contributed by atoms with E-state index in [1.165, 1.54) is 321 Å². The number of hydrogen-bond donors (Lipinski definition) is 1. The Balaban J connectivity index is 3.90. The summed E-state index contributed by atoms with van der Waals surface area (Å²) in [4.78, 5) is 35.9. The molecule has 2 unspecified atom stereocenters. The number of carbonyl (C=O) groups excluding carboxylic acids is 2. The van der Waals surface area contributed by atoms with Gasteiger partial charge in [0, 0.05) is 12.8 Å². The van der Waals surface area contributed by atoms with Crippen LogP contribution in [0.25, 0.3) is 0 Å². The van der Waals surface area contributed by atoms with Gasteiger partial charge in [0.1, 0.15) is 19.8 Å². The van der Waals surface area contributed by atoms with E-state index in [2.05, 4.69) is 50.3 Å². The number of allylic oxidation sites excluding steroid dienone is 6. The van der Waals surface area contributed by atoms with Crippen molar-refractivity contribution in [1.82, 2.24) is 0 Å². The summed E-state index contributed by atoms with van der Waals surface area (Å²) in [7, 11) is 1.50. The monoisotopic (exact) mass is 1260 g/mol. The van der Waals surface area contributed by atoms with E-state index in [-0.39, 0.29) is 25.6 Å². The van der Waals surface area contributed by atoms with Crippen LogP contribution >= 0.6 is 7.82 Å². The van der Waals surface area contributed by atoms with Crippen molar-refractivity contribution in [3.63, 3.8) is 0 Å². The fourth-order valence-electron chi connectivity index (χ4n) is 11.7. The van der Waals surface area contributed by atoms with Gasteiger partial charge in [0.2, 0.25) is 0 Å². The minimum Gasteiger partial charge on any atom is -0.462 e. The molecule has 0 radical (unpaired) electrons. The third kappa shape index (κ3) is 73.3. The van der Waals surface area contributed by atoms with Gasteiger partial charge in [-0.3, -0.25) is 18.6 Å². The van der Waals surface area contributed by atoms with E-state index in [4.69, 9.17) is 18.5 Å². The highest BCUT2D eigenvalue weighted by Crippen LogP contribution is 2.43.